The lowest BCUT2D eigenvalue weighted by Crippen LogP contribution is -2.25. The number of halogens is 2. The van der Waals surface area contributed by atoms with Crippen LogP contribution >= 0.6 is 0 Å². The Bertz CT molecular complexity index is 791. The molecular formula is C20H18F2N2. The van der Waals surface area contributed by atoms with E-state index in [1.807, 2.05) is 12.1 Å². The van der Waals surface area contributed by atoms with E-state index < -0.39 is 0 Å². The monoisotopic (exact) mass is 324 g/mol. The summed E-state index contributed by atoms with van der Waals surface area (Å²) in [5, 5.41) is 4.56. The molecule has 0 radical (unpaired) electrons. The standard InChI is InChI=1S/C20H18F2N2/c21-16-8-4-13(5-9-16)12-15-2-1-3-18-19(23-24-20(15)18)14-6-10-17(22)11-7-14/h4-12,18-19,23H,1-3H2/b15-12+/t18-,19+/m0/s1. The molecule has 1 aliphatic heterocycles. The molecule has 0 spiro atoms. The summed E-state index contributed by atoms with van der Waals surface area (Å²) < 4.78 is 26.2. The molecule has 4 heteroatoms. The molecule has 1 saturated carbocycles. The summed E-state index contributed by atoms with van der Waals surface area (Å²) in [6.45, 7) is 0. The largest absolute Gasteiger partial charge is 0.302 e. The van der Waals surface area contributed by atoms with E-state index in [-0.39, 0.29) is 17.7 Å². The van der Waals surface area contributed by atoms with Gasteiger partial charge >= 0.3 is 0 Å². The van der Waals surface area contributed by atoms with Crippen LogP contribution in [0.4, 0.5) is 8.78 Å². The molecule has 1 fully saturated rings. The van der Waals surface area contributed by atoms with Crippen LogP contribution in [-0.2, 0) is 0 Å². The van der Waals surface area contributed by atoms with Crippen LogP contribution in [0.2, 0.25) is 0 Å². The maximum atomic E-state index is 13.2. The molecule has 0 aromatic heterocycles. The van der Waals surface area contributed by atoms with Gasteiger partial charge in [0.05, 0.1) is 11.8 Å². The van der Waals surface area contributed by atoms with E-state index >= 15 is 0 Å². The summed E-state index contributed by atoms with van der Waals surface area (Å²) in [4.78, 5) is 0. The van der Waals surface area contributed by atoms with Crippen LogP contribution in [0.15, 0.2) is 59.2 Å². The normalized spacial score (nSPS) is 24.4. The van der Waals surface area contributed by atoms with Crippen molar-refractivity contribution in [1.82, 2.24) is 5.43 Å². The lowest BCUT2D eigenvalue weighted by molar-refractivity contribution is 0.450. The summed E-state index contributed by atoms with van der Waals surface area (Å²) in [5.74, 6) is -0.149. The molecule has 24 heavy (non-hydrogen) atoms. The van der Waals surface area contributed by atoms with Crippen molar-refractivity contribution in [2.75, 3.05) is 0 Å². The Morgan fingerprint density at radius 3 is 2.33 bits per heavy atom. The van der Waals surface area contributed by atoms with E-state index in [2.05, 4.69) is 16.6 Å². The third-order valence-electron chi connectivity index (χ3n) is 4.81. The summed E-state index contributed by atoms with van der Waals surface area (Å²) in [5.41, 5.74) is 7.56. The first-order chi connectivity index (χ1) is 11.7. The Morgan fingerprint density at radius 2 is 1.62 bits per heavy atom. The van der Waals surface area contributed by atoms with Gasteiger partial charge in [0.15, 0.2) is 0 Å². The number of rotatable bonds is 2. The molecule has 2 nitrogen and oxygen atoms in total. The van der Waals surface area contributed by atoms with Gasteiger partial charge in [0, 0.05) is 5.92 Å². The molecule has 0 unspecified atom stereocenters. The number of hydrogen-bond acceptors (Lipinski definition) is 2. The van der Waals surface area contributed by atoms with Crippen LogP contribution in [0.3, 0.4) is 0 Å². The first-order valence-corrected chi connectivity index (χ1v) is 8.26. The fraction of sp³-hybridized carbons (Fsp3) is 0.250. The lowest BCUT2D eigenvalue weighted by atomic mass is 9.78. The second-order valence-corrected chi connectivity index (χ2v) is 6.38. The van der Waals surface area contributed by atoms with Gasteiger partial charge in [-0.3, -0.25) is 0 Å². The molecule has 4 rings (SSSR count). The molecule has 1 N–H and O–H groups in total. The van der Waals surface area contributed by atoms with Crippen molar-refractivity contribution in [1.29, 1.82) is 0 Å². The second kappa shape index (κ2) is 6.19. The Hall–Kier alpha value is -2.49. The Balaban J connectivity index is 1.60. The van der Waals surface area contributed by atoms with E-state index in [9.17, 15) is 8.78 Å². The fourth-order valence-electron chi connectivity index (χ4n) is 3.61. The van der Waals surface area contributed by atoms with E-state index in [4.69, 9.17) is 0 Å². The highest BCUT2D eigenvalue weighted by Crippen LogP contribution is 2.39. The minimum atomic E-state index is -0.227. The fourth-order valence-corrected chi connectivity index (χ4v) is 3.61. The van der Waals surface area contributed by atoms with Gasteiger partial charge in [-0.2, -0.15) is 5.10 Å². The molecular weight excluding hydrogens is 306 g/mol. The molecule has 0 bridgehead atoms. The van der Waals surface area contributed by atoms with E-state index in [1.165, 1.54) is 29.8 Å². The maximum Gasteiger partial charge on any atom is 0.123 e. The third-order valence-corrected chi connectivity index (χ3v) is 4.81. The topological polar surface area (TPSA) is 24.4 Å². The van der Waals surface area contributed by atoms with Gasteiger partial charge < -0.3 is 5.43 Å². The summed E-state index contributed by atoms with van der Waals surface area (Å²) >= 11 is 0. The Labute approximate surface area is 139 Å². The van der Waals surface area contributed by atoms with Crippen molar-refractivity contribution in [3.05, 3.63) is 76.9 Å². The van der Waals surface area contributed by atoms with Crippen molar-refractivity contribution in [2.24, 2.45) is 11.0 Å². The highest BCUT2D eigenvalue weighted by molar-refractivity contribution is 6.07. The highest BCUT2D eigenvalue weighted by atomic mass is 19.1. The van der Waals surface area contributed by atoms with Crippen molar-refractivity contribution in [3.8, 4) is 0 Å². The zero-order valence-electron chi connectivity index (χ0n) is 13.2. The zero-order chi connectivity index (χ0) is 16.5. The number of nitrogens with zero attached hydrogens (tertiary/aromatic N) is 1. The predicted octanol–water partition coefficient (Wildman–Crippen LogP) is 4.85. The van der Waals surface area contributed by atoms with Crippen LogP contribution < -0.4 is 5.43 Å². The Kier molecular flexibility index (Phi) is 3.89. The van der Waals surface area contributed by atoms with Gasteiger partial charge in [-0.1, -0.05) is 24.3 Å². The molecule has 122 valence electrons. The van der Waals surface area contributed by atoms with Gasteiger partial charge in [0.2, 0.25) is 0 Å². The van der Waals surface area contributed by atoms with Gasteiger partial charge in [0.25, 0.3) is 0 Å². The van der Waals surface area contributed by atoms with Crippen molar-refractivity contribution >= 4 is 11.8 Å². The van der Waals surface area contributed by atoms with Gasteiger partial charge in [-0.05, 0) is 66.3 Å². The number of benzene rings is 2. The number of hydrazone groups is 1. The molecule has 1 aliphatic carbocycles. The number of fused-ring (bicyclic) bond motifs is 1. The number of allylic oxidation sites excluding steroid dienone is 1. The maximum absolute atomic E-state index is 13.2. The molecule has 0 amide bonds. The van der Waals surface area contributed by atoms with E-state index in [0.717, 1.165) is 36.1 Å². The van der Waals surface area contributed by atoms with Crippen LogP contribution in [-0.4, -0.2) is 5.71 Å². The van der Waals surface area contributed by atoms with Crippen LogP contribution in [0, 0.1) is 17.6 Å². The van der Waals surface area contributed by atoms with Crippen molar-refractivity contribution < 1.29 is 8.78 Å². The highest BCUT2D eigenvalue weighted by Gasteiger charge is 2.36. The van der Waals surface area contributed by atoms with E-state index in [0.29, 0.717) is 5.92 Å². The number of hydrogen-bond donors (Lipinski definition) is 1. The van der Waals surface area contributed by atoms with Crippen molar-refractivity contribution in [2.45, 2.75) is 25.3 Å². The molecule has 2 aromatic carbocycles. The zero-order valence-corrected chi connectivity index (χ0v) is 13.2. The molecule has 2 atom stereocenters. The van der Waals surface area contributed by atoms with Gasteiger partial charge in [-0.25, -0.2) is 8.78 Å². The summed E-state index contributed by atoms with van der Waals surface area (Å²) in [7, 11) is 0. The average molecular weight is 324 g/mol. The van der Waals surface area contributed by atoms with Crippen LogP contribution in [0.5, 0.6) is 0 Å². The van der Waals surface area contributed by atoms with Crippen molar-refractivity contribution in [3.63, 3.8) is 0 Å². The van der Waals surface area contributed by atoms with E-state index in [1.54, 1.807) is 12.1 Å². The first-order valence-electron chi connectivity index (χ1n) is 8.26. The Morgan fingerprint density at radius 1 is 0.958 bits per heavy atom. The SMILES string of the molecule is Fc1ccc(/C=C2\CCC[C@@H]3C2=NN[C@@H]3c2ccc(F)cc2)cc1. The summed E-state index contributed by atoms with van der Waals surface area (Å²) in [6.07, 6.45) is 5.23. The minimum Gasteiger partial charge on any atom is -0.302 e. The van der Waals surface area contributed by atoms with Crippen LogP contribution in [0.25, 0.3) is 6.08 Å². The average Bonchev–Trinajstić information content (AvgIpc) is 3.03. The molecule has 2 aromatic rings. The molecule has 1 heterocycles. The predicted molar refractivity (Wildman–Crippen MR) is 91.4 cm³/mol. The number of nitrogens with one attached hydrogen (secondary N) is 1. The van der Waals surface area contributed by atoms with Crippen LogP contribution in [0.1, 0.15) is 36.4 Å². The smallest absolute Gasteiger partial charge is 0.123 e. The summed E-state index contributed by atoms with van der Waals surface area (Å²) in [6, 6.07) is 13.2. The first kappa shape index (κ1) is 15.1. The lowest BCUT2D eigenvalue weighted by Gasteiger charge is -2.26. The third kappa shape index (κ3) is 2.84. The second-order valence-electron chi connectivity index (χ2n) is 6.38. The molecule has 0 saturated heterocycles. The van der Waals surface area contributed by atoms with Gasteiger partial charge in [0.1, 0.15) is 11.6 Å². The van der Waals surface area contributed by atoms with Gasteiger partial charge in [-0.15, -0.1) is 0 Å². The quantitative estimate of drug-likeness (QED) is 0.839. The minimum absolute atomic E-state index is 0.0949. The molecule has 2 aliphatic rings.